The van der Waals surface area contributed by atoms with Gasteiger partial charge in [-0.2, -0.15) is 0 Å². The Balaban J connectivity index is 1.84. The maximum atomic E-state index is 12.5. The molecule has 0 aromatic heterocycles. The quantitative estimate of drug-likeness (QED) is 0.778. The number of nitrogens with one attached hydrogen (secondary N) is 1. The van der Waals surface area contributed by atoms with E-state index in [1.54, 1.807) is 12.1 Å². The number of phenols is 1. The highest BCUT2D eigenvalue weighted by Crippen LogP contribution is 2.38. The summed E-state index contributed by atoms with van der Waals surface area (Å²) < 4.78 is 0. The standard InChI is InChI=1S/C17H26N2O2/c1-13-6-9-17(12-18,10-7-13)16(21)19-11-8-14-2-4-15(20)5-3-14/h2-5,13,20H,6-12,18H2,1H3,(H,19,21). The molecule has 1 aliphatic carbocycles. The molecule has 4 nitrogen and oxygen atoms in total. The van der Waals surface area contributed by atoms with Crippen molar-refractivity contribution in [3.05, 3.63) is 29.8 Å². The molecule has 2 rings (SSSR count). The summed E-state index contributed by atoms with van der Waals surface area (Å²) in [7, 11) is 0. The predicted octanol–water partition coefficient (Wildman–Crippen LogP) is 2.21. The van der Waals surface area contributed by atoms with Gasteiger partial charge in [0.1, 0.15) is 5.75 Å². The SMILES string of the molecule is CC1CCC(CN)(C(=O)NCCc2ccc(O)cc2)CC1. The zero-order valence-electron chi connectivity index (χ0n) is 12.8. The van der Waals surface area contributed by atoms with Crippen molar-refractivity contribution in [2.75, 3.05) is 13.1 Å². The topological polar surface area (TPSA) is 75.4 Å². The van der Waals surface area contributed by atoms with E-state index in [1.165, 1.54) is 0 Å². The third-order valence-electron chi connectivity index (χ3n) is 4.74. The van der Waals surface area contributed by atoms with E-state index < -0.39 is 0 Å². The van der Waals surface area contributed by atoms with Gasteiger partial charge in [-0.15, -0.1) is 0 Å². The van der Waals surface area contributed by atoms with Crippen molar-refractivity contribution in [1.82, 2.24) is 5.32 Å². The Morgan fingerprint density at radius 1 is 1.33 bits per heavy atom. The Morgan fingerprint density at radius 2 is 1.95 bits per heavy atom. The van der Waals surface area contributed by atoms with Crippen LogP contribution < -0.4 is 11.1 Å². The minimum absolute atomic E-state index is 0.107. The molecule has 4 N–H and O–H groups in total. The zero-order chi connectivity index (χ0) is 15.3. The molecule has 21 heavy (non-hydrogen) atoms. The smallest absolute Gasteiger partial charge is 0.227 e. The number of phenolic OH excluding ortho intramolecular Hbond substituents is 1. The highest BCUT2D eigenvalue weighted by Gasteiger charge is 2.39. The minimum Gasteiger partial charge on any atom is -0.508 e. The van der Waals surface area contributed by atoms with E-state index in [2.05, 4.69) is 12.2 Å². The van der Waals surface area contributed by atoms with Crippen LogP contribution >= 0.6 is 0 Å². The fourth-order valence-corrected chi connectivity index (χ4v) is 3.01. The number of carbonyl (C=O) groups is 1. The lowest BCUT2D eigenvalue weighted by Crippen LogP contribution is -2.48. The lowest BCUT2D eigenvalue weighted by Gasteiger charge is -2.37. The van der Waals surface area contributed by atoms with Crippen LogP contribution in [0, 0.1) is 11.3 Å². The van der Waals surface area contributed by atoms with Crippen LogP contribution in [-0.4, -0.2) is 24.1 Å². The largest absolute Gasteiger partial charge is 0.508 e. The van der Waals surface area contributed by atoms with Crippen molar-refractivity contribution >= 4 is 5.91 Å². The monoisotopic (exact) mass is 290 g/mol. The van der Waals surface area contributed by atoms with E-state index in [0.29, 0.717) is 19.0 Å². The summed E-state index contributed by atoms with van der Waals surface area (Å²) in [5.74, 6) is 1.08. The van der Waals surface area contributed by atoms with Crippen molar-refractivity contribution in [2.45, 2.75) is 39.0 Å². The van der Waals surface area contributed by atoms with E-state index in [4.69, 9.17) is 5.73 Å². The summed E-state index contributed by atoms with van der Waals surface area (Å²) in [4.78, 5) is 12.5. The summed E-state index contributed by atoms with van der Waals surface area (Å²) in [6, 6.07) is 7.09. The third-order valence-corrected chi connectivity index (χ3v) is 4.74. The Labute approximate surface area is 126 Å². The fourth-order valence-electron chi connectivity index (χ4n) is 3.01. The number of carbonyl (C=O) groups excluding carboxylic acids is 1. The number of nitrogens with two attached hydrogens (primary N) is 1. The maximum Gasteiger partial charge on any atom is 0.227 e. The first-order valence-electron chi connectivity index (χ1n) is 7.82. The molecule has 0 radical (unpaired) electrons. The maximum absolute atomic E-state index is 12.5. The van der Waals surface area contributed by atoms with Gasteiger partial charge >= 0.3 is 0 Å². The molecule has 0 aliphatic heterocycles. The van der Waals surface area contributed by atoms with Crippen molar-refractivity contribution < 1.29 is 9.90 Å². The Hall–Kier alpha value is -1.55. The molecule has 1 aromatic rings. The molecular weight excluding hydrogens is 264 g/mol. The van der Waals surface area contributed by atoms with E-state index in [-0.39, 0.29) is 17.1 Å². The van der Waals surface area contributed by atoms with Gasteiger partial charge in [0.05, 0.1) is 5.41 Å². The fraction of sp³-hybridized carbons (Fsp3) is 0.588. The van der Waals surface area contributed by atoms with Gasteiger partial charge in [-0.1, -0.05) is 19.1 Å². The van der Waals surface area contributed by atoms with Crippen molar-refractivity contribution in [3.63, 3.8) is 0 Å². The number of aromatic hydroxyl groups is 1. The molecule has 1 amide bonds. The van der Waals surface area contributed by atoms with Crippen LogP contribution in [0.25, 0.3) is 0 Å². The van der Waals surface area contributed by atoms with Crippen LogP contribution in [-0.2, 0) is 11.2 Å². The highest BCUT2D eigenvalue weighted by molar-refractivity contribution is 5.83. The normalized spacial score (nSPS) is 25.5. The number of benzene rings is 1. The second-order valence-corrected chi connectivity index (χ2v) is 6.34. The first kappa shape index (κ1) is 15.8. The van der Waals surface area contributed by atoms with Gasteiger partial charge in [0.15, 0.2) is 0 Å². The van der Waals surface area contributed by atoms with Gasteiger partial charge in [-0.3, -0.25) is 4.79 Å². The molecule has 0 unspecified atom stereocenters. The molecule has 1 saturated carbocycles. The van der Waals surface area contributed by atoms with E-state index in [0.717, 1.165) is 37.7 Å². The number of hydrogen-bond donors (Lipinski definition) is 3. The van der Waals surface area contributed by atoms with Gasteiger partial charge < -0.3 is 16.2 Å². The lowest BCUT2D eigenvalue weighted by molar-refractivity contribution is -0.132. The van der Waals surface area contributed by atoms with E-state index >= 15 is 0 Å². The number of amides is 1. The minimum atomic E-state index is -0.360. The molecule has 1 aliphatic rings. The summed E-state index contributed by atoms with van der Waals surface area (Å²) in [6.07, 6.45) is 4.74. The predicted molar refractivity (Wildman–Crippen MR) is 83.9 cm³/mol. The molecule has 0 atom stereocenters. The van der Waals surface area contributed by atoms with Crippen LogP contribution in [0.4, 0.5) is 0 Å². The molecule has 0 heterocycles. The van der Waals surface area contributed by atoms with Crippen molar-refractivity contribution in [1.29, 1.82) is 0 Å². The van der Waals surface area contributed by atoms with Crippen LogP contribution in [0.15, 0.2) is 24.3 Å². The molecule has 116 valence electrons. The van der Waals surface area contributed by atoms with Crippen LogP contribution in [0.1, 0.15) is 38.2 Å². The average molecular weight is 290 g/mol. The number of hydrogen-bond acceptors (Lipinski definition) is 3. The first-order chi connectivity index (χ1) is 10.1. The molecule has 4 heteroatoms. The summed E-state index contributed by atoms with van der Waals surface area (Å²) in [6.45, 7) is 3.29. The Morgan fingerprint density at radius 3 is 2.52 bits per heavy atom. The van der Waals surface area contributed by atoms with Crippen LogP contribution in [0.2, 0.25) is 0 Å². The average Bonchev–Trinajstić information content (AvgIpc) is 2.50. The lowest BCUT2D eigenvalue weighted by atomic mass is 9.70. The van der Waals surface area contributed by atoms with Crippen molar-refractivity contribution in [3.8, 4) is 5.75 Å². The Kier molecular flexibility index (Phi) is 5.23. The summed E-state index contributed by atoms with van der Waals surface area (Å²) in [5.41, 5.74) is 6.64. The van der Waals surface area contributed by atoms with Gasteiger partial charge in [0, 0.05) is 13.1 Å². The van der Waals surface area contributed by atoms with E-state index in [1.807, 2.05) is 12.1 Å². The van der Waals surface area contributed by atoms with Crippen LogP contribution in [0.5, 0.6) is 5.75 Å². The van der Waals surface area contributed by atoms with Gasteiger partial charge in [0.2, 0.25) is 5.91 Å². The summed E-state index contributed by atoms with van der Waals surface area (Å²) in [5, 5.41) is 12.3. The van der Waals surface area contributed by atoms with Crippen molar-refractivity contribution in [2.24, 2.45) is 17.1 Å². The van der Waals surface area contributed by atoms with E-state index in [9.17, 15) is 9.90 Å². The molecule has 0 saturated heterocycles. The van der Waals surface area contributed by atoms with Gasteiger partial charge in [-0.05, 0) is 55.7 Å². The second-order valence-electron chi connectivity index (χ2n) is 6.34. The van der Waals surface area contributed by atoms with Crippen LogP contribution in [0.3, 0.4) is 0 Å². The number of rotatable bonds is 5. The highest BCUT2D eigenvalue weighted by atomic mass is 16.3. The molecular formula is C17H26N2O2. The zero-order valence-corrected chi connectivity index (χ0v) is 12.8. The molecule has 1 aromatic carbocycles. The molecule has 0 bridgehead atoms. The van der Waals surface area contributed by atoms with Gasteiger partial charge in [0.25, 0.3) is 0 Å². The Bertz CT molecular complexity index is 462. The molecule has 1 fully saturated rings. The summed E-state index contributed by atoms with van der Waals surface area (Å²) >= 11 is 0. The van der Waals surface area contributed by atoms with Gasteiger partial charge in [-0.25, -0.2) is 0 Å². The third kappa shape index (κ3) is 3.97. The molecule has 0 spiro atoms. The first-order valence-corrected chi connectivity index (χ1v) is 7.82. The second kappa shape index (κ2) is 6.94.